The lowest BCUT2D eigenvalue weighted by molar-refractivity contribution is 0.214. The van der Waals surface area contributed by atoms with Gasteiger partial charge in [-0.15, -0.1) is 5.10 Å². The summed E-state index contributed by atoms with van der Waals surface area (Å²) in [5, 5.41) is 14.4. The molecule has 2 amide bonds. The average molecular weight is 300 g/mol. The quantitative estimate of drug-likeness (QED) is 0.924. The normalized spacial score (nSPS) is 15.4. The minimum Gasteiger partial charge on any atom is -0.325 e. The standard InChI is InChI=1S/C15H20N6O/c1-12-17-18-19-21(12)14-8-6-7-13(11-14)16-15(22)20-9-4-2-3-5-10-20/h6-8,11H,2-5,9-10H2,1H3,(H,16,22). The number of hydrogen-bond donors (Lipinski definition) is 1. The predicted molar refractivity (Wildman–Crippen MR) is 83.0 cm³/mol. The zero-order chi connectivity index (χ0) is 15.4. The Hall–Kier alpha value is -2.44. The van der Waals surface area contributed by atoms with E-state index in [0.29, 0.717) is 5.82 Å². The molecule has 1 saturated heterocycles. The van der Waals surface area contributed by atoms with Gasteiger partial charge in [0.05, 0.1) is 5.69 Å². The highest BCUT2D eigenvalue weighted by atomic mass is 16.2. The number of rotatable bonds is 2. The van der Waals surface area contributed by atoms with Crippen molar-refractivity contribution in [2.24, 2.45) is 0 Å². The maximum atomic E-state index is 12.4. The first-order valence-corrected chi connectivity index (χ1v) is 7.65. The van der Waals surface area contributed by atoms with Gasteiger partial charge in [0.1, 0.15) is 0 Å². The van der Waals surface area contributed by atoms with Gasteiger partial charge in [-0.05, 0) is 48.4 Å². The van der Waals surface area contributed by atoms with Gasteiger partial charge in [0.2, 0.25) is 0 Å². The Morgan fingerprint density at radius 1 is 1.18 bits per heavy atom. The van der Waals surface area contributed by atoms with Crippen LogP contribution in [-0.2, 0) is 0 Å². The summed E-state index contributed by atoms with van der Waals surface area (Å²) in [5.74, 6) is 0.705. The first-order chi connectivity index (χ1) is 10.7. The summed E-state index contributed by atoms with van der Waals surface area (Å²) in [6.45, 7) is 3.50. The third-order valence-corrected chi connectivity index (χ3v) is 3.86. The van der Waals surface area contributed by atoms with Gasteiger partial charge in [0.25, 0.3) is 0 Å². The lowest BCUT2D eigenvalue weighted by Gasteiger charge is -2.21. The number of nitrogens with one attached hydrogen (secondary N) is 1. The van der Waals surface area contributed by atoms with Gasteiger partial charge < -0.3 is 10.2 Å². The Kier molecular flexibility index (Phi) is 4.32. The van der Waals surface area contributed by atoms with Crippen LogP contribution < -0.4 is 5.32 Å². The van der Waals surface area contributed by atoms with E-state index in [9.17, 15) is 4.79 Å². The molecule has 1 fully saturated rings. The van der Waals surface area contributed by atoms with Crippen molar-refractivity contribution in [2.75, 3.05) is 18.4 Å². The second-order valence-corrected chi connectivity index (χ2v) is 5.52. The highest BCUT2D eigenvalue weighted by Crippen LogP contribution is 2.16. The van der Waals surface area contributed by atoms with Crippen LogP contribution in [0.5, 0.6) is 0 Å². The van der Waals surface area contributed by atoms with Crippen LogP contribution in [0.3, 0.4) is 0 Å². The molecule has 1 aromatic carbocycles. The van der Waals surface area contributed by atoms with Crippen LogP contribution >= 0.6 is 0 Å². The van der Waals surface area contributed by atoms with Crippen molar-refractivity contribution >= 4 is 11.7 Å². The lowest BCUT2D eigenvalue weighted by Crippen LogP contribution is -2.35. The molecule has 0 bridgehead atoms. The molecular formula is C15H20N6O. The smallest absolute Gasteiger partial charge is 0.321 e. The number of anilines is 1. The molecule has 7 nitrogen and oxygen atoms in total. The Balaban J connectivity index is 1.72. The van der Waals surface area contributed by atoms with E-state index in [2.05, 4.69) is 20.8 Å². The zero-order valence-electron chi connectivity index (χ0n) is 12.7. The van der Waals surface area contributed by atoms with Crippen molar-refractivity contribution in [3.05, 3.63) is 30.1 Å². The molecule has 0 radical (unpaired) electrons. The van der Waals surface area contributed by atoms with E-state index in [1.807, 2.05) is 36.1 Å². The third-order valence-electron chi connectivity index (χ3n) is 3.86. The van der Waals surface area contributed by atoms with Gasteiger partial charge >= 0.3 is 6.03 Å². The highest BCUT2D eigenvalue weighted by molar-refractivity contribution is 5.89. The number of benzene rings is 1. The summed E-state index contributed by atoms with van der Waals surface area (Å²) in [7, 11) is 0. The van der Waals surface area contributed by atoms with E-state index in [4.69, 9.17) is 0 Å². The number of hydrogen-bond acceptors (Lipinski definition) is 4. The molecular weight excluding hydrogens is 280 g/mol. The lowest BCUT2D eigenvalue weighted by atomic mass is 10.2. The molecule has 3 rings (SSSR count). The molecule has 1 N–H and O–H groups in total. The van der Waals surface area contributed by atoms with E-state index >= 15 is 0 Å². The first kappa shape index (κ1) is 14.5. The van der Waals surface area contributed by atoms with Crippen LogP contribution in [-0.4, -0.2) is 44.2 Å². The minimum absolute atomic E-state index is 0.0347. The molecule has 2 aromatic rings. The molecule has 22 heavy (non-hydrogen) atoms. The van der Waals surface area contributed by atoms with Crippen molar-refractivity contribution in [1.82, 2.24) is 25.1 Å². The molecule has 1 aromatic heterocycles. The molecule has 0 aliphatic carbocycles. The van der Waals surface area contributed by atoms with Gasteiger partial charge in [0.15, 0.2) is 5.82 Å². The summed E-state index contributed by atoms with van der Waals surface area (Å²) < 4.78 is 1.64. The van der Waals surface area contributed by atoms with Gasteiger partial charge in [-0.1, -0.05) is 18.9 Å². The van der Waals surface area contributed by atoms with Crippen molar-refractivity contribution < 1.29 is 4.79 Å². The molecule has 0 spiro atoms. The van der Waals surface area contributed by atoms with Crippen LogP contribution in [0.25, 0.3) is 5.69 Å². The fourth-order valence-corrected chi connectivity index (χ4v) is 2.66. The Labute approximate surface area is 129 Å². The SMILES string of the molecule is Cc1nnnn1-c1cccc(NC(=O)N2CCCCCC2)c1. The summed E-state index contributed by atoms with van der Waals surface area (Å²) in [4.78, 5) is 14.2. The topological polar surface area (TPSA) is 75.9 Å². The van der Waals surface area contributed by atoms with Crippen LogP contribution in [0.2, 0.25) is 0 Å². The zero-order valence-corrected chi connectivity index (χ0v) is 12.7. The van der Waals surface area contributed by atoms with E-state index in [0.717, 1.165) is 37.3 Å². The molecule has 7 heteroatoms. The van der Waals surface area contributed by atoms with Gasteiger partial charge in [0, 0.05) is 18.8 Å². The van der Waals surface area contributed by atoms with Gasteiger partial charge in [-0.3, -0.25) is 0 Å². The average Bonchev–Trinajstić information content (AvgIpc) is 2.78. The summed E-state index contributed by atoms with van der Waals surface area (Å²) in [6.07, 6.45) is 4.57. The van der Waals surface area contributed by atoms with E-state index in [1.54, 1.807) is 4.68 Å². The molecule has 2 heterocycles. The molecule has 0 atom stereocenters. The first-order valence-electron chi connectivity index (χ1n) is 7.65. The van der Waals surface area contributed by atoms with E-state index in [1.165, 1.54) is 12.8 Å². The number of urea groups is 1. The molecule has 0 unspecified atom stereocenters. The van der Waals surface area contributed by atoms with Crippen molar-refractivity contribution in [3.63, 3.8) is 0 Å². The van der Waals surface area contributed by atoms with E-state index in [-0.39, 0.29) is 6.03 Å². The van der Waals surface area contributed by atoms with E-state index < -0.39 is 0 Å². The van der Waals surface area contributed by atoms with Crippen molar-refractivity contribution in [2.45, 2.75) is 32.6 Å². The van der Waals surface area contributed by atoms with Gasteiger partial charge in [-0.25, -0.2) is 4.79 Å². The number of aromatic nitrogens is 4. The van der Waals surface area contributed by atoms with Crippen LogP contribution in [0, 0.1) is 6.92 Å². The summed E-state index contributed by atoms with van der Waals surface area (Å²) >= 11 is 0. The molecule has 116 valence electrons. The van der Waals surface area contributed by atoms with Crippen LogP contribution in [0.4, 0.5) is 10.5 Å². The van der Waals surface area contributed by atoms with Crippen LogP contribution in [0.1, 0.15) is 31.5 Å². The van der Waals surface area contributed by atoms with Crippen LogP contribution in [0.15, 0.2) is 24.3 Å². The highest BCUT2D eigenvalue weighted by Gasteiger charge is 2.15. The fraction of sp³-hybridized carbons (Fsp3) is 0.467. The number of carbonyl (C=O) groups is 1. The Morgan fingerprint density at radius 3 is 2.64 bits per heavy atom. The fourth-order valence-electron chi connectivity index (χ4n) is 2.66. The second kappa shape index (κ2) is 6.55. The van der Waals surface area contributed by atoms with Crippen molar-refractivity contribution in [3.8, 4) is 5.69 Å². The number of amides is 2. The number of carbonyl (C=O) groups excluding carboxylic acids is 1. The minimum atomic E-state index is -0.0347. The maximum absolute atomic E-state index is 12.4. The largest absolute Gasteiger partial charge is 0.325 e. The number of nitrogens with zero attached hydrogens (tertiary/aromatic N) is 5. The number of likely N-dealkylation sites (tertiary alicyclic amines) is 1. The summed E-state index contributed by atoms with van der Waals surface area (Å²) in [5.41, 5.74) is 1.58. The van der Waals surface area contributed by atoms with Gasteiger partial charge in [-0.2, -0.15) is 4.68 Å². The van der Waals surface area contributed by atoms with Crippen molar-refractivity contribution in [1.29, 1.82) is 0 Å². The third kappa shape index (κ3) is 3.24. The monoisotopic (exact) mass is 300 g/mol. The number of tetrazole rings is 1. The number of aryl methyl sites for hydroxylation is 1. The molecule has 0 saturated carbocycles. The molecule has 1 aliphatic rings. The Morgan fingerprint density at radius 2 is 1.95 bits per heavy atom. The predicted octanol–water partition coefficient (Wildman–Crippen LogP) is 2.38. The second-order valence-electron chi connectivity index (χ2n) is 5.52. The molecule has 1 aliphatic heterocycles. The summed E-state index contributed by atoms with van der Waals surface area (Å²) in [6, 6.07) is 7.50. The maximum Gasteiger partial charge on any atom is 0.321 e. The Bertz CT molecular complexity index is 645.